The zero-order chi connectivity index (χ0) is 21.2. The fourth-order valence-electron chi connectivity index (χ4n) is 2.77. The van der Waals surface area contributed by atoms with E-state index in [9.17, 15) is 13.2 Å². The first-order valence-corrected chi connectivity index (χ1v) is 11.7. The zero-order valence-corrected chi connectivity index (χ0v) is 18.1. The smallest absolute Gasteiger partial charge is 0.279 e. The zero-order valence-electron chi connectivity index (χ0n) is 16.5. The molecule has 0 radical (unpaired) electrons. The molecule has 0 bridgehead atoms. The number of fused-ring (bicyclic) bond motifs is 1. The summed E-state index contributed by atoms with van der Waals surface area (Å²) >= 11 is 1.27. The van der Waals surface area contributed by atoms with Crippen molar-refractivity contribution in [2.75, 3.05) is 6.26 Å². The summed E-state index contributed by atoms with van der Waals surface area (Å²) in [4.78, 5) is 17.7. The van der Waals surface area contributed by atoms with Crippen molar-refractivity contribution < 1.29 is 17.9 Å². The maximum atomic E-state index is 12.7. The van der Waals surface area contributed by atoms with E-state index < -0.39 is 9.84 Å². The number of thiazole rings is 1. The number of carbonyl (C=O) groups is 1. The van der Waals surface area contributed by atoms with E-state index in [2.05, 4.69) is 11.6 Å². The molecule has 2 aromatic carbocycles. The van der Waals surface area contributed by atoms with Crippen molar-refractivity contribution in [2.45, 2.75) is 31.4 Å². The molecular formula is C21H22N2O4S2. The summed E-state index contributed by atoms with van der Waals surface area (Å²) in [5.41, 5.74) is 1.25. The summed E-state index contributed by atoms with van der Waals surface area (Å²) < 4.78 is 31.9. The van der Waals surface area contributed by atoms with Crippen LogP contribution in [0, 0.1) is 0 Å². The van der Waals surface area contributed by atoms with Crippen molar-refractivity contribution in [3.63, 3.8) is 0 Å². The van der Waals surface area contributed by atoms with Crippen LogP contribution in [0.5, 0.6) is 5.75 Å². The van der Waals surface area contributed by atoms with E-state index in [1.165, 1.54) is 17.6 Å². The summed E-state index contributed by atoms with van der Waals surface area (Å²) in [7, 11) is -3.32. The molecule has 29 heavy (non-hydrogen) atoms. The number of aromatic nitrogens is 1. The molecule has 0 saturated carbocycles. The van der Waals surface area contributed by atoms with E-state index in [0.29, 0.717) is 22.7 Å². The fraction of sp³-hybridized carbons (Fsp3) is 0.238. The summed E-state index contributed by atoms with van der Waals surface area (Å²) in [6.07, 6.45) is 2.92. The molecule has 0 spiro atoms. The Kier molecular flexibility index (Phi) is 6.04. The fourth-order valence-corrected chi connectivity index (χ4v) is 4.57. The lowest BCUT2D eigenvalue weighted by Crippen LogP contribution is -2.16. The van der Waals surface area contributed by atoms with Crippen LogP contribution in [-0.4, -0.2) is 31.3 Å². The number of sulfone groups is 1. The first-order chi connectivity index (χ1) is 13.7. The molecule has 0 N–H and O–H groups in total. The number of carbonyl (C=O) groups excluding carboxylic acids is 1. The van der Waals surface area contributed by atoms with Gasteiger partial charge in [-0.05, 0) is 56.3 Å². The van der Waals surface area contributed by atoms with E-state index in [1.807, 2.05) is 18.4 Å². The third kappa shape index (κ3) is 4.83. The lowest BCUT2D eigenvalue weighted by molar-refractivity contribution is 0.0998. The van der Waals surface area contributed by atoms with Gasteiger partial charge in [0.25, 0.3) is 5.91 Å². The van der Waals surface area contributed by atoms with Crippen molar-refractivity contribution in [3.05, 3.63) is 65.5 Å². The molecule has 152 valence electrons. The van der Waals surface area contributed by atoms with Crippen LogP contribution in [0.2, 0.25) is 0 Å². The van der Waals surface area contributed by atoms with Crippen LogP contribution in [0.1, 0.15) is 24.2 Å². The molecule has 1 amide bonds. The quantitative estimate of drug-likeness (QED) is 0.557. The third-order valence-electron chi connectivity index (χ3n) is 4.06. The van der Waals surface area contributed by atoms with Crippen molar-refractivity contribution >= 4 is 37.3 Å². The molecule has 1 aromatic heterocycles. The Morgan fingerprint density at radius 3 is 2.52 bits per heavy atom. The molecule has 0 fully saturated rings. The Morgan fingerprint density at radius 2 is 1.93 bits per heavy atom. The maximum absolute atomic E-state index is 12.7. The van der Waals surface area contributed by atoms with E-state index in [-0.39, 0.29) is 16.9 Å². The molecule has 0 aliphatic heterocycles. The molecule has 0 atom stereocenters. The summed E-state index contributed by atoms with van der Waals surface area (Å²) in [5.74, 6) is 0.308. The van der Waals surface area contributed by atoms with Gasteiger partial charge in [0.15, 0.2) is 14.6 Å². The van der Waals surface area contributed by atoms with Gasteiger partial charge in [-0.1, -0.05) is 17.4 Å². The standard InChI is InChI=1S/C21H22N2O4S2/c1-5-12-23-18-11-10-17(29(4,25)26)13-19(18)28-21(23)22-20(24)15-6-8-16(9-7-15)27-14(2)3/h5-11,13-14H,1,12H2,2-4H3. The SMILES string of the molecule is C=CCn1c(=NC(=O)c2ccc(OC(C)C)cc2)sc2cc(S(C)(=O)=O)ccc21. The lowest BCUT2D eigenvalue weighted by atomic mass is 10.2. The highest BCUT2D eigenvalue weighted by Crippen LogP contribution is 2.22. The average Bonchev–Trinajstić information content (AvgIpc) is 2.98. The van der Waals surface area contributed by atoms with Gasteiger partial charge in [0.2, 0.25) is 0 Å². The Labute approximate surface area is 173 Å². The third-order valence-corrected chi connectivity index (χ3v) is 6.22. The molecular weight excluding hydrogens is 408 g/mol. The van der Waals surface area contributed by atoms with E-state index in [1.54, 1.807) is 48.5 Å². The minimum Gasteiger partial charge on any atom is -0.491 e. The number of ether oxygens (including phenoxy) is 1. The largest absolute Gasteiger partial charge is 0.491 e. The van der Waals surface area contributed by atoms with Gasteiger partial charge in [0.1, 0.15) is 5.75 Å². The monoisotopic (exact) mass is 430 g/mol. The van der Waals surface area contributed by atoms with Gasteiger partial charge in [-0.25, -0.2) is 8.42 Å². The molecule has 3 aromatic rings. The number of rotatable bonds is 6. The second-order valence-electron chi connectivity index (χ2n) is 6.79. The number of nitrogens with zero attached hydrogens (tertiary/aromatic N) is 2. The van der Waals surface area contributed by atoms with Crippen molar-refractivity contribution in [1.82, 2.24) is 4.57 Å². The number of hydrogen-bond donors (Lipinski definition) is 0. The first kappa shape index (κ1) is 21.0. The van der Waals surface area contributed by atoms with Gasteiger partial charge < -0.3 is 9.30 Å². The molecule has 0 unspecified atom stereocenters. The van der Waals surface area contributed by atoms with E-state index in [0.717, 1.165) is 10.2 Å². The molecule has 8 heteroatoms. The van der Waals surface area contributed by atoms with Crippen LogP contribution in [0.25, 0.3) is 10.2 Å². The molecule has 1 heterocycles. The van der Waals surface area contributed by atoms with Crippen molar-refractivity contribution in [3.8, 4) is 5.75 Å². The minimum atomic E-state index is -3.32. The molecule has 6 nitrogen and oxygen atoms in total. The Hall–Kier alpha value is -2.71. The van der Waals surface area contributed by atoms with E-state index >= 15 is 0 Å². The molecule has 3 rings (SSSR count). The Bertz CT molecular complexity index is 1230. The number of allylic oxidation sites excluding steroid dienone is 1. The predicted octanol–water partition coefficient (Wildman–Crippen LogP) is 3.82. The van der Waals surface area contributed by atoms with Crippen LogP contribution < -0.4 is 9.54 Å². The summed E-state index contributed by atoms with van der Waals surface area (Å²) in [6, 6.07) is 11.7. The first-order valence-electron chi connectivity index (χ1n) is 8.99. The normalized spacial score (nSPS) is 12.5. The lowest BCUT2D eigenvalue weighted by Gasteiger charge is -2.09. The van der Waals surface area contributed by atoms with Gasteiger partial charge in [-0.2, -0.15) is 4.99 Å². The van der Waals surface area contributed by atoms with Gasteiger partial charge in [-0.15, -0.1) is 6.58 Å². The highest BCUT2D eigenvalue weighted by Gasteiger charge is 2.13. The van der Waals surface area contributed by atoms with Gasteiger partial charge >= 0.3 is 0 Å². The highest BCUT2D eigenvalue weighted by atomic mass is 32.2. The van der Waals surface area contributed by atoms with Crippen molar-refractivity contribution in [2.24, 2.45) is 4.99 Å². The van der Waals surface area contributed by atoms with Gasteiger partial charge in [0, 0.05) is 18.4 Å². The van der Waals surface area contributed by atoms with Crippen LogP contribution in [0.4, 0.5) is 0 Å². The summed E-state index contributed by atoms with van der Waals surface area (Å²) in [5, 5.41) is 0. The number of amides is 1. The summed E-state index contributed by atoms with van der Waals surface area (Å²) in [6.45, 7) is 8.08. The topological polar surface area (TPSA) is 77.7 Å². The van der Waals surface area contributed by atoms with Crippen LogP contribution in [0.15, 0.2) is 65.0 Å². The molecule has 0 aliphatic carbocycles. The molecule has 0 aliphatic rings. The van der Waals surface area contributed by atoms with Crippen LogP contribution in [-0.2, 0) is 16.4 Å². The molecule has 0 saturated heterocycles. The Morgan fingerprint density at radius 1 is 1.24 bits per heavy atom. The minimum absolute atomic E-state index is 0.0504. The van der Waals surface area contributed by atoms with Crippen molar-refractivity contribution in [1.29, 1.82) is 0 Å². The van der Waals surface area contributed by atoms with Crippen LogP contribution >= 0.6 is 11.3 Å². The Balaban J connectivity index is 2.04. The van der Waals surface area contributed by atoms with E-state index in [4.69, 9.17) is 4.74 Å². The second-order valence-corrected chi connectivity index (χ2v) is 9.82. The maximum Gasteiger partial charge on any atom is 0.279 e. The average molecular weight is 431 g/mol. The number of hydrogen-bond acceptors (Lipinski definition) is 5. The van der Waals surface area contributed by atoms with Gasteiger partial charge in [-0.3, -0.25) is 4.79 Å². The predicted molar refractivity (Wildman–Crippen MR) is 115 cm³/mol. The second kappa shape index (κ2) is 8.34. The van der Waals surface area contributed by atoms with Crippen LogP contribution in [0.3, 0.4) is 0 Å². The number of benzene rings is 2. The van der Waals surface area contributed by atoms with Gasteiger partial charge in [0.05, 0.1) is 21.2 Å². The highest BCUT2D eigenvalue weighted by molar-refractivity contribution is 7.90.